The molecule has 2 heteroatoms. The van der Waals surface area contributed by atoms with Gasteiger partial charge < -0.3 is 4.74 Å². The Morgan fingerprint density at radius 2 is 1.93 bits per heavy atom. The molecular formula is C12H23BrO. The van der Waals surface area contributed by atoms with E-state index < -0.39 is 0 Å². The molecule has 0 bridgehead atoms. The van der Waals surface area contributed by atoms with Crippen molar-refractivity contribution >= 4 is 15.9 Å². The first-order chi connectivity index (χ1) is 6.76. The summed E-state index contributed by atoms with van der Waals surface area (Å²) in [4.78, 5) is 0. The molecule has 1 fully saturated rings. The molecule has 0 N–H and O–H groups in total. The fourth-order valence-electron chi connectivity index (χ4n) is 1.94. The summed E-state index contributed by atoms with van der Waals surface area (Å²) < 4.78 is 5.95. The monoisotopic (exact) mass is 262 g/mol. The second kappa shape index (κ2) is 6.84. The van der Waals surface area contributed by atoms with Crippen molar-refractivity contribution in [2.24, 2.45) is 11.8 Å². The smallest absolute Gasteiger partial charge is 0.0575 e. The molecule has 0 spiro atoms. The third-order valence-electron chi connectivity index (χ3n) is 3.33. The normalized spacial score (nSPS) is 30.2. The third-order valence-corrected chi connectivity index (χ3v) is 4.24. The molecule has 84 valence electrons. The van der Waals surface area contributed by atoms with Crippen molar-refractivity contribution in [2.45, 2.75) is 52.1 Å². The van der Waals surface area contributed by atoms with E-state index >= 15 is 0 Å². The minimum Gasteiger partial charge on any atom is -0.378 e. The van der Waals surface area contributed by atoms with E-state index in [0.29, 0.717) is 12.0 Å². The maximum atomic E-state index is 5.95. The first-order valence-electron chi connectivity index (χ1n) is 5.93. The lowest BCUT2D eigenvalue weighted by atomic mass is 9.89. The van der Waals surface area contributed by atoms with Crippen LogP contribution >= 0.6 is 15.9 Å². The molecule has 1 aliphatic rings. The van der Waals surface area contributed by atoms with Gasteiger partial charge in [0.2, 0.25) is 0 Å². The predicted octanol–water partition coefficient (Wildman–Crippen LogP) is 4.00. The Labute approximate surface area is 96.7 Å². The zero-order chi connectivity index (χ0) is 10.4. The van der Waals surface area contributed by atoms with Crippen LogP contribution in [0.2, 0.25) is 0 Å². The number of ether oxygens (including phenoxy) is 1. The van der Waals surface area contributed by atoms with E-state index in [4.69, 9.17) is 4.74 Å². The lowest BCUT2D eigenvalue weighted by Crippen LogP contribution is -2.23. The van der Waals surface area contributed by atoms with Gasteiger partial charge in [-0.15, -0.1) is 0 Å². The molecule has 14 heavy (non-hydrogen) atoms. The Hall–Kier alpha value is 0.440. The Morgan fingerprint density at radius 3 is 2.43 bits per heavy atom. The summed E-state index contributed by atoms with van der Waals surface area (Å²) >= 11 is 3.53. The maximum Gasteiger partial charge on any atom is 0.0575 e. The van der Waals surface area contributed by atoms with E-state index in [1.165, 1.54) is 32.1 Å². The highest BCUT2D eigenvalue weighted by molar-refractivity contribution is 9.09. The predicted molar refractivity (Wildman–Crippen MR) is 64.9 cm³/mol. The molecule has 1 unspecified atom stereocenters. The van der Waals surface area contributed by atoms with Crippen LogP contribution in [0.4, 0.5) is 0 Å². The van der Waals surface area contributed by atoms with Crippen LogP contribution in [0.1, 0.15) is 46.0 Å². The van der Waals surface area contributed by atoms with Gasteiger partial charge >= 0.3 is 0 Å². The highest BCUT2D eigenvalue weighted by Crippen LogP contribution is 2.26. The molecular weight excluding hydrogens is 240 g/mol. The van der Waals surface area contributed by atoms with Gasteiger partial charge in [0.25, 0.3) is 0 Å². The van der Waals surface area contributed by atoms with E-state index in [2.05, 4.69) is 29.8 Å². The largest absolute Gasteiger partial charge is 0.378 e. The summed E-state index contributed by atoms with van der Waals surface area (Å²) in [6.07, 6.45) is 7.04. The zero-order valence-corrected chi connectivity index (χ0v) is 11.1. The van der Waals surface area contributed by atoms with E-state index in [-0.39, 0.29) is 0 Å². The van der Waals surface area contributed by atoms with Crippen molar-refractivity contribution in [1.29, 1.82) is 0 Å². The van der Waals surface area contributed by atoms with Crippen LogP contribution in [0, 0.1) is 11.8 Å². The molecule has 0 aromatic rings. The van der Waals surface area contributed by atoms with Crippen molar-refractivity contribution in [1.82, 2.24) is 0 Å². The molecule has 0 radical (unpaired) electrons. The van der Waals surface area contributed by atoms with Gasteiger partial charge in [-0.1, -0.05) is 36.2 Å². The SMILES string of the molecule is CCC(CBr)COC1CCC(C)CC1. The second-order valence-corrected chi connectivity index (χ2v) is 5.29. The quantitative estimate of drug-likeness (QED) is 0.681. The Balaban J connectivity index is 2.12. The van der Waals surface area contributed by atoms with Crippen LogP contribution in [0.5, 0.6) is 0 Å². The van der Waals surface area contributed by atoms with Crippen LogP contribution in [-0.4, -0.2) is 18.0 Å². The molecule has 0 aromatic heterocycles. The highest BCUT2D eigenvalue weighted by Gasteiger charge is 2.19. The van der Waals surface area contributed by atoms with Crippen LogP contribution < -0.4 is 0 Å². The van der Waals surface area contributed by atoms with Crippen molar-refractivity contribution < 1.29 is 4.74 Å². The minimum atomic E-state index is 0.555. The highest BCUT2D eigenvalue weighted by atomic mass is 79.9. The summed E-state index contributed by atoms with van der Waals surface area (Å²) in [5, 5.41) is 1.08. The van der Waals surface area contributed by atoms with Gasteiger partial charge in [0, 0.05) is 5.33 Å². The number of halogens is 1. The van der Waals surface area contributed by atoms with Gasteiger partial charge in [-0.05, 0) is 37.5 Å². The molecule has 0 heterocycles. The van der Waals surface area contributed by atoms with Crippen LogP contribution in [0.3, 0.4) is 0 Å². The summed E-state index contributed by atoms with van der Waals surface area (Å²) in [7, 11) is 0. The molecule has 1 rings (SSSR count). The van der Waals surface area contributed by atoms with Crippen LogP contribution in [-0.2, 0) is 4.74 Å². The van der Waals surface area contributed by atoms with Crippen molar-refractivity contribution in [2.75, 3.05) is 11.9 Å². The molecule has 1 aliphatic carbocycles. The summed E-state index contributed by atoms with van der Waals surface area (Å²) in [5.74, 6) is 1.63. The second-order valence-electron chi connectivity index (χ2n) is 4.64. The van der Waals surface area contributed by atoms with Gasteiger partial charge in [0.05, 0.1) is 12.7 Å². The number of rotatable bonds is 5. The van der Waals surface area contributed by atoms with Gasteiger partial charge in [-0.3, -0.25) is 0 Å². The first-order valence-corrected chi connectivity index (χ1v) is 7.06. The molecule has 0 aromatic carbocycles. The van der Waals surface area contributed by atoms with Gasteiger partial charge in [-0.2, -0.15) is 0 Å². The molecule has 1 atom stereocenters. The summed E-state index contributed by atoms with van der Waals surface area (Å²) in [6.45, 7) is 5.53. The molecule has 0 aliphatic heterocycles. The fraction of sp³-hybridized carbons (Fsp3) is 1.00. The van der Waals surface area contributed by atoms with Gasteiger partial charge in [0.1, 0.15) is 0 Å². The van der Waals surface area contributed by atoms with E-state index in [9.17, 15) is 0 Å². The summed E-state index contributed by atoms with van der Waals surface area (Å²) in [5.41, 5.74) is 0. The van der Waals surface area contributed by atoms with E-state index in [0.717, 1.165) is 17.9 Å². The lowest BCUT2D eigenvalue weighted by molar-refractivity contribution is 0.00385. The summed E-state index contributed by atoms with van der Waals surface area (Å²) in [6, 6.07) is 0. The average Bonchev–Trinajstić information content (AvgIpc) is 2.22. The van der Waals surface area contributed by atoms with Crippen LogP contribution in [0.15, 0.2) is 0 Å². The minimum absolute atomic E-state index is 0.555. The topological polar surface area (TPSA) is 9.23 Å². The Kier molecular flexibility index (Phi) is 6.11. The first kappa shape index (κ1) is 12.5. The average molecular weight is 263 g/mol. The number of hydrogen-bond donors (Lipinski definition) is 0. The zero-order valence-electron chi connectivity index (χ0n) is 9.47. The standard InChI is InChI=1S/C12H23BrO/c1-3-11(8-13)9-14-12-6-4-10(2)5-7-12/h10-12H,3-9H2,1-2H3. The van der Waals surface area contributed by atoms with E-state index in [1.54, 1.807) is 0 Å². The lowest BCUT2D eigenvalue weighted by Gasteiger charge is -2.27. The van der Waals surface area contributed by atoms with Crippen molar-refractivity contribution in [3.8, 4) is 0 Å². The van der Waals surface area contributed by atoms with Crippen molar-refractivity contribution in [3.05, 3.63) is 0 Å². The Bertz CT molecular complexity index is 137. The molecule has 0 amide bonds. The maximum absolute atomic E-state index is 5.95. The fourth-order valence-corrected chi connectivity index (χ4v) is 2.58. The number of hydrogen-bond acceptors (Lipinski definition) is 1. The van der Waals surface area contributed by atoms with Crippen LogP contribution in [0.25, 0.3) is 0 Å². The van der Waals surface area contributed by atoms with Crippen molar-refractivity contribution in [3.63, 3.8) is 0 Å². The molecule has 0 saturated heterocycles. The Morgan fingerprint density at radius 1 is 1.29 bits per heavy atom. The van der Waals surface area contributed by atoms with E-state index in [1.807, 2.05) is 0 Å². The van der Waals surface area contributed by atoms with Gasteiger partial charge in [0.15, 0.2) is 0 Å². The molecule has 1 saturated carbocycles. The molecule has 1 nitrogen and oxygen atoms in total. The van der Waals surface area contributed by atoms with Gasteiger partial charge in [-0.25, -0.2) is 0 Å². The number of alkyl halides is 1. The third kappa shape index (κ3) is 4.31.